The van der Waals surface area contributed by atoms with Crippen LogP contribution in [0.25, 0.3) is 0 Å². The minimum Gasteiger partial charge on any atom is -0.507 e. The second-order valence-electron chi connectivity index (χ2n) is 12.2. The van der Waals surface area contributed by atoms with Crippen LogP contribution in [0.2, 0.25) is 0 Å². The fourth-order valence-corrected chi connectivity index (χ4v) is 5.39. The summed E-state index contributed by atoms with van der Waals surface area (Å²) < 4.78 is 0. The first-order valence-electron chi connectivity index (χ1n) is 13.0. The summed E-state index contributed by atoms with van der Waals surface area (Å²) in [5.74, 6) is 2.25. The van der Waals surface area contributed by atoms with Gasteiger partial charge in [0.15, 0.2) is 5.78 Å². The zero-order valence-electron chi connectivity index (χ0n) is 23.4. The Morgan fingerprint density at radius 2 is 1.58 bits per heavy atom. The molecule has 198 valence electrons. The molecule has 0 bridgehead atoms. The zero-order valence-corrected chi connectivity index (χ0v) is 25.1. The number of carbonyl (C=O) groups excluding carboxylic acids is 1. The molecule has 2 aromatic carbocycles. The van der Waals surface area contributed by atoms with Gasteiger partial charge in [0.25, 0.3) is 0 Å². The van der Waals surface area contributed by atoms with Crippen LogP contribution in [-0.4, -0.2) is 41.8 Å². The summed E-state index contributed by atoms with van der Waals surface area (Å²) in [6.07, 6.45) is 3.20. The molecule has 2 aromatic rings. The Labute approximate surface area is 229 Å². The van der Waals surface area contributed by atoms with Crippen LogP contribution in [0, 0.1) is 11.8 Å². The number of hydrogen-bond donors (Lipinski definition) is 1. The van der Waals surface area contributed by atoms with Gasteiger partial charge in [0.05, 0.1) is 6.54 Å². The summed E-state index contributed by atoms with van der Waals surface area (Å²) in [5.41, 5.74) is 3.10. The molecule has 5 heteroatoms. The number of Topliss-reactive ketones (excluding diaryl/α,β-unsaturated/α-hetero) is 1. The maximum Gasteiger partial charge on any atom is 0.182 e. The number of ketones is 1. The molecular weight excluding hydrogens is 512 g/mol. The second kappa shape index (κ2) is 11.9. The van der Waals surface area contributed by atoms with E-state index in [1.54, 1.807) is 0 Å². The number of hydrogen-bond acceptors (Lipinski definition) is 3. The summed E-state index contributed by atoms with van der Waals surface area (Å²) in [7, 11) is 1.86. The molecule has 2 atom stereocenters. The van der Waals surface area contributed by atoms with Gasteiger partial charge in [-0.1, -0.05) is 85.2 Å². The summed E-state index contributed by atoms with van der Waals surface area (Å²) in [4.78, 5) is 20.6. The monoisotopic (exact) mass is 556 g/mol. The van der Waals surface area contributed by atoms with Crippen molar-refractivity contribution in [2.75, 3.05) is 20.1 Å². The largest absolute Gasteiger partial charge is 0.507 e. The SMILES string of the molecule is Br.CCCC1CN(CC(=O)c2cc(C(C)(C)C)c(O)c(C(C)(C)C)c2)/C(=N\C)C1Cc1ccccc1. The standard InChI is InChI=1S/C31H44N2O2.BrH/c1-9-13-22-19-33(29(32-8)24(22)16-21-14-11-10-12-15-21)20-27(34)23-17-25(30(2,3)4)28(35)26(18-23)31(5,6)7;/h10-12,14-15,17-18,22,24,35H,9,13,16,19-20H2,1-8H3;1H/b32-29-;. The number of benzene rings is 2. The minimum atomic E-state index is -0.267. The van der Waals surface area contributed by atoms with E-state index in [-0.39, 0.29) is 33.6 Å². The highest BCUT2D eigenvalue weighted by Gasteiger charge is 2.38. The first-order chi connectivity index (χ1) is 16.4. The molecular formula is C31H45BrN2O2. The van der Waals surface area contributed by atoms with E-state index >= 15 is 0 Å². The first-order valence-corrected chi connectivity index (χ1v) is 13.0. The van der Waals surface area contributed by atoms with Gasteiger partial charge in [-0.2, -0.15) is 0 Å². The van der Waals surface area contributed by atoms with Crippen LogP contribution in [0.4, 0.5) is 0 Å². The molecule has 0 amide bonds. The van der Waals surface area contributed by atoms with Crippen molar-refractivity contribution >= 4 is 28.6 Å². The molecule has 36 heavy (non-hydrogen) atoms. The average molecular weight is 558 g/mol. The lowest BCUT2D eigenvalue weighted by molar-refractivity contribution is 0.0963. The molecule has 3 rings (SSSR count). The minimum absolute atomic E-state index is 0. The molecule has 1 aliphatic heterocycles. The van der Waals surface area contributed by atoms with Gasteiger partial charge in [0.2, 0.25) is 0 Å². The van der Waals surface area contributed by atoms with Crippen molar-refractivity contribution in [1.29, 1.82) is 0 Å². The number of amidine groups is 1. The molecule has 0 saturated carbocycles. The van der Waals surface area contributed by atoms with Crippen LogP contribution in [0.1, 0.15) is 88.4 Å². The highest BCUT2D eigenvalue weighted by molar-refractivity contribution is 8.93. The number of phenolic OH excluding ortho intramolecular Hbond substituents is 1. The Morgan fingerprint density at radius 3 is 2.06 bits per heavy atom. The van der Waals surface area contributed by atoms with Crippen LogP contribution in [0.5, 0.6) is 5.75 Å². The van der Waals surface area contributed by atoms with Crippen LogP contribution in [0.15, 0.2) is 47.5 Å². The third-order valence-corrected chi connectivity index (χ3v) is 7.25. The van der Waals surface area contributed by atoms with Gasteiger partial charge in [-0.05, 0) is 47.3 Å². The smallest absolute Gasteiger partial charge is 0.182 e. The van der Waals surface area contributed by atoms with Crippen LogP contribution in [-0.2, 0) is 17.3 Å². The van der Waals surface area contributed by atoms with Crippen molar-refractivity contribution in [1.82, 2.24) is 4.90 Å². The van der Waals surface area contributed by atoms with Crippen molar-refractivity contribution in [2.45, 2.75) is 78.6 Å². The summed E-state index contributed by atoms with van der Waals surface area (Å²) >= 11 is 0. The van der Waals surface area contributed by atoms with E-state index in [1.165, 1.54) is 5.56 Å². The second-order valence-corrected chi connectivity index (χ2v) is 12.2. The van der Waals surface area contributed by atoms with Crippen LogP contribution >= 0.6 is 17.0 Å². The topological polar surface area (TPSA) is 52.9 Å². The lowest BCUT2D eigenvalue weighted by Crippen LogP contribution is -2.33. The number of rotatable bonds is 7. The average Bonchev–Trinajstić information content (AvgIpc) is 3.08. The van der Waals surface area contributed by atoms with Crippen molar-refractivity contribution in [3.05, 3.63) is 64.7 Å². The third kappa shape index (κ3) is 6.79. The summed E-state index contributed by atoms with van der Waals surface area (Å²) in [5, 5.41) is 11.1. The van der Waals surface area contributed by atoms with Gasteiger partial charge in [-0.15, -0.1) is 17.0 Å². The number of likely N-dealkylation sites (tertiary alicyclic amines) is 1. The number of aliphatic imine (C=N–C) groups is 1. The lowest BCUT2D eigenvalue weighted by Gasteiger charge is -2.28. The van der Waals surface area contributed by atoms with E-state index in [9.17, 15) is 9.90 Å². The number of carbonyl (C=O) groups is 1. The molecule has 1 heterocycles. The number of aromatic hydroxyl groups is 1. The first kappa shape index (κ1) is 30.1. The molecule has 0 radical (unpaired) electrons. The highest BCUT2D eigenvalue weighted by atomic mass is 79.9. The molecule has 4 nitrogen and oxygen atoms in total. The summed E-state index contributed by atoms with van der Waals surface area (Å²) in [6.45, 7) is 15.9. The molecule has 1 aliphatic rings. The predicted octanol–water partition coefficient (Wildman–Crippen LogP) is 7.37. The summed E-state index contributed by atoms with van der Waals surface area (Å²) in [6, 6.07) is 14.4. The fraction of sp³-hybridized carbons (Fsp3) is 0.548. The Morgan fingerprint density at radius 1 is 1.03 bits per heavy atom. The van der Waals surface area contributed by atoms with Crippen LogP contribution < -0.4 is 0 Å². The molecule has 0 aromatic heterocycles. The molecule has 0 aliphatic carbocycles. The number of phenols is 1. The molecule has 2 unspecified atom stereocenters. The normalized spacial score (nSPS) is 19.4. The van der Waals surface area contributed by atoms with E-state index in [0.29, 0.717) is 29.7 Å². The fourth-order valence-electron chi connectivity index (χ4n) is 5.39. The van der Waals surface area contributed by atoms with Gasteiger partial charge < -0.3 is 10.0 Å². The van der Waals surface area contributed by atoms with E-state index in [1.807, 2.05) is 19.2 Å². The zero-order chi connectivity index (χ0) is 26.0. The van der Waals surface area contributed by atoms with Gasteiger partial charge in [0.1, 0.15) is 11.6 Å². The Hall–Kier alpha value is -2.14. The lowest BCUT2D eigenvalue weighted by atomic mass is 9.78. The Bertz CT molecular complexity index is 1030. The number of nitrogens with zero attached hydrogens (tertiary/aromatic N) is 2. The van der Waals surface area contributed by atoms with Crippen molar-refractivity contribution in [2.24, 2.45) is 16.8 Å². The van der Waals surface area contributed by atoms with Crippen molar-refractivity contribution < 1.29 is 9.90 Å². The Balaban J connectivity index is 0.00000456. The number of halogens is 1. The van der Waals surface area contributed by atoms with E-state index in [2.05, 4.69) is 83.7 Å². The van der Waals surface area contributed by atoms with Crippen LogP contribution in [0.3, 0.4) is 0 Å². The van der Waals surface area contributed by atoms with Gasteiger partial charge in [-0.3, -0.25) is 9.79 Å². The molecule has 1 fully saturated rings. The quantitative estimate of drug-likeness (QED) is 0.362. The molecule has 1 saturated heterocycles. The maximum absolute atomic E-state index is 13.7. The molecule has 1 N–H and O–H groups in total. The van der Waals surface area contributed by atoms with Gasteiger partial charge >= 0.3 is 0 Å². The van der Waals surface area contributed by atoms with Crippen molar-refractivity contribution in [3.8, 4) is 5.75 Å². The van der Waals surface area contributed by atoms with E-state index in [4.69, 9.17) is 4.99 Å². The van der Waals surface area contributed by atoms with Gasteiger partial charge in [0, 0.05) is 36.2 Å². The molecule has 0 spiro atoms. The predicted molar refractivity (Wildman–Crippen MR) is 157 cm³/mol. The Kier molecular flexibility index (Phi) is 9.98. The highest BCUT2D eigenvalue weighted by Crippen LogP contribution is 2.40. The maximum atomic E-state index is 13.7. The van der Waals surface area contributed by atoms with E-state index < -0.39 is 0 Å². The van der Waals surface area contributed by atoms with Gasteiger partial charge in [-0.25, -0.2) is 0 Å². The van der Waals surface area contributed by atoms with E-state index in [0.717, 1.165) is 42.8 Å². The van der Waals surface area contributed by atoms with Crippen molar-refractivity contribution in [3.63, 3.8) is 0 Å². The third-order valence-electron chi connectivity index (χ3n) is 7.25.